The first-order chi connectivity index (χ1) is 13.2. The summed E-state index contributed by atoms with van der Waals surface area (Å²) in [7, 11) is 1.67. The summed E-state index contributed by atoms with van der Waals surface area (Å²) in [6.45, 7) is 4.60. The fourth-order valence-electron chi connectivity index (χ4n) is 3.23. The Morgan fingerprint density at radius 2 is 1.85 bits per heavy atom. The highest BCUT2D eigenvalue weighted by atomic mass is 32.1. The molecule has 27 heavy (non-hydrogen) atoms. The van der Waals surface area contributed by atoms with E-state index in [0.717, 1.165) is 55.5 Å². The molecule has 0 spiro atoms. The Hall–Kier alpha value is -2.11. The topological polar surface area (TPSA) is 33.7 Å². The van der Waals surface area contributed by atoms with E-state index in [9.17, 15) is 0 Å². The number of benzene rings is 2. The highest BCUT2D eigenvalue weighted by Crippen LogP contribution is 2.19. The molecule has 0 radical (unpaired) electrons. The minimum Gasteiger partial charge on any atom is -0.497 e. The van der Waals surface area contributed by atoms with Gasteiger partial charge in [-0.1, -0.05) is 31.2 Å². The quantitative estimate of drug-likeness (QED) is 0.704. The second-order valence-corrected chi connectivity index (χ2v) is 7.23. The highest BCUT2D eigenvalue weighted by Gasteiger charge is 2.21. The number of hydrogen-bond donors (Lipinski definition) is 1. The molecule has 1 saturated heterocycles. The second kappa shape index (κ2) is 9.72. The van der Waals surface area contributed by atoms with E-state index in [2.05, 4.69) is 41.4 Å². The number of rotatable bonds is 7. The Labute approximate surface area is 167 Å². The fourth-order valence-corrected chi connectivity index (χ4v) is 3.49. The van der Waals surface area contributed by atoms with Crippen LogP contribution in [0.15, 0.2) is 48.5 Å². The van der Waals surface area contributed by atoms with Crippen molar-refractivity contribution in [3.63, 3.8) is 0 Å². The lowest BCUT2D eigenvalue weighted by Crippen LogP contribution is -2.39. The molecular weight excluding hydrogens is 356 g/mol. The van der Waals surface area contributed by atoms with Crippen molar-refractivity contribution < 1.29 is 9.47 Å². The maximum atomic E-state index is 5.84. The van der Waals surface area contributed by atoms with Crippen molar-refractivity contribution in [2.45, 2.75) is 38.8 Å². The summed E-state index contributed by atoms with van der Waals surface area (Å²) in [6.07, 6.45) is 3.52. The Kier molecular flexibility index (Phi) is 7.07. The summed E-state index contributed by atoms with van der Waals surface area (Å²) in [4.78, 5) is 2.20. The molecule has 1 fully saturated rings. The van der Waals surface area contributed by atoms with Crippen LogP contribution in [0.25, 0.3) is 0 Å². The number of methoxy groups -OCH3 is 1. The third-order valence-electron chi connectivity index (χ3n) is 4.88. The van der Waals surface area contributed by atoms with Crippen LogP contribution in [0, 0.1) is 0 Å². The normalized spacial score (nSPS) is 16.1. The molecule has 1 aliphatic rings. The van der Waals surface area contributed by atoms with E-state index in [4.69, 9.17) is 21.7 Å². The van der Waals surface area contributed by atoms with Gasteiger partial charge in [-0.3, -0.25) is 0 Å². The van der Waals surface area contributed by atoms with Crippen molar-refractivity contribution in [1.29, 1.82) is 0 Å². The zero-order chi connectivity index (χ0) is 19.1. The average Bonchev–Trinajstić information content (AvgIpc) is 3.22. The zero-order valence-electron chi connectivity index (χ0n) is 16.1. The van der Waals surface area contributed by atoms with Crippen LogP contribution in [0.1, 0.15) is 30.9 Å². The summed E-state index contributed by atoms with van der Waals surface area (Å²) in [5, 5.41) is 4.07. The van der Waals surface area contributed by atoms with E-state index in [1.54, 1.807) is 7.11 Å². The number of aryl methyl sites for hydroxylation is 1. The Bertz CT molecular complexity index is 725. The molecule has 1 unspecified atom stereocenters. The van der Waals surface area contributed by atoms with Crippen LogP contribution in [0.2, 0.25) is 0 Å². The minimum atomic E-state index is 0.246. The number of nitrogens with zero attached hydrogens (tertiary/aromatic N) is 1. The third-order valence-corrected chi connectivity index (χ3v) is 5.24. The number of nitrogens with one attached hydrogen (secondary N) is 1. The molecule has 1 aliphatic heterocycles. The van der Waals surface area contributed by atoms with E-state index < -0.39 is 0 Å². The number of ether oxygens (including phenoxy) is 2. The van der Waals surface area contributed by atoms with Crippen LogP contribution in [0.3, 0.4) is 0 Å². The molecule has 2 aromatic carbocycles. The Morgan fingerprint density at radius 1 is 1.15 bits per heavy atom. The molecule has 0 saturated carbocycles. The summed E-state index contributed by atoms with van der Waals surface area (Å²) in [6, 6.07) is 16.6. The molecule has 2 aromatic rings. The zero-order valence-corrected chi connectivity index (χ0v) is 16.9. The van der Waals surface area contributed by atoms with Gasteiger partial charge in [0, 0.05) is 25.4 Å². The van der Waals surface area contributed by atoms with Gasteiger partial charge in [0.05, 0.1) is 13.2 Å². The van der Waals surface area contributed by atoms with Gasteiger partial charge in [0.25, 0.3) is 0 Å². The van der Waals surface area contributed by atoms with Crippen molar-refractivity contribution >= 4 is 23.0 Å². The third kappa shape index (κ3) is 5.68. The van der Waals surface area contributed by atoms with E-state index in [1.165, 1.54) is 11.1 Å². The summed E-state index contributed by atoms with van der Waals surface area (Å²) in [5.41, 5.74) is 3.56. The van der Waals surface area contributed by atoms with Gasteiger partial charge >= 0.3 is 0 Å². The maximum Gasteiger partial charge on any atom is 0.173 e. The lowest BCUT2D eigenvalue weighted by molar-refractivity contribution is 0.0905. The fraction of sp³-hybridized carbons (Fsp3) is 0.409. The molecule has 3 rings (SSSR count). The largest absolute Gasteiger partial charge is 0.497 e. The number of thiocarbonyl (C=S) groups is 1. The Morgan fingerprint density at radius 3 is 2.44 bits per heavy atom. The van der Waals surface area contributed by atoms with E-state index in [0.29, 0.717) is 0 Å². The molecule has 0 bridgehead atoms. The first-order valence-corrected chi connectivity index (χ1v) is 9.98. The molecule has 1 N–H and O–H groups in total. The van der Waals surface area contributed by atoms with Gasteiger partial charge in [0.1, 0.15) is 5.75 Å². The van der Waals surface area contributed by atoms with Crippen molar-refractivity contribution in [1.82, 2.24) is 4.90 Å². The van der Waals surface area contributed by atoms with Gasteiger partial charge in [-0.15, -0.1) is 0 Å². The molecule has 0 aromatic heterocycles. The van der Waals surface area contributed by atoms with Crippen molar-refractivity contribution in [3.8, 4) is 5.75 Å². The van der Waals surface area contributed by atoms with Crippen LogP contribution in [-0.4, -0.2) is 36.4 Å². The molecule has 4 nitrogen and oxygen atoms in total. The predicted octanol–water partition coefficient (Wildman–Crippen LogP) is 4.64. The minimum absolute atomic E-state index is 0.246. The monoisotopic (exact) mass is 384 g/mol. The second-order valence-electron chi connectivity index (χ2n) is 6.84. The highest BCUT2D eigenvalue weighted by molar-refractivity contribution is 7.80. The van der Waals surface area contributed by atoms with Gasteiger partial charge in [0.15, 0.2) is 5.11 Å². The van der Waals surface area contributed by atoms with E-state index in [-0.39, 0.29) is 6.10 Å². The molecule has 5 heteroatoms. The van der Waals surface area contributed by atoms with Crippen LogP contribution < -0.4 is 10.1 Å². The standard InChI is InChI=1S/C22H28N2O2S/c1-3-17-6-8-18(9-7-17)15-24(16-21-5-4-14-26-21)22(27)23-19-10-12-20(25-2)13-11-19/h6-13,21H,3-5,14-16H2,1-2H3,(H,23,27). The van der Waals surface area contributed by atoms with E-state index in [1.807, 2.05) is 24.3 Å². The molecular formula is C22H28N2O2S. The summed E-state index contributed by atoms with van der Waals surface area (Å²) < 4.78 is 11.1. The first kappa shape index (κ1) is 19.6. The smallest absolute Gasteiger partial charge is 0.173 e. The van der Waals surface area contributed by atoms with Crippen molar-refractivity contribution in [3.05, 3.63) is 59.7 Å². The molecule has 0 aliphatic carbocycles. The van der Waals surface area contributed by atoms with Crippen LogP contribution in [-0.2, 0) is 17.7 Å². The SMILES string of the molecule is CCc1ccc(CN(CC2CCCO2)C(=S)Nc2ccc(OC)cc2)cc1. The van der Waals surface area contributed by atoms with Gasteiger partial charge in [-0.2, -0.15) is 0 Å². The molecule has 144 valence electrons. The van der Waals surface area contributed by atoms with Crippen LogP contribution in [0.4, 0.5) is 5.69 Å². The van der Waals surface area contributed by atoms with Gasteiger partial charge in [-0.05, 0) is 66.9 Å². The summed E-state index contributed by atoms with van der Waals surface area (Å²) in [5.74, 6) is 0.832. The molecule has 1 heterocycles. The lowest BCUT2D eigenvalue weighted by atomic mass is 10.1. The predicted molar refractivity (Wildman–Crippen MR) is 114 cm³/mol. The molecule has 1 atom stereocenters. The van der Waals surface area contributed by atoms with Gasteiger partial charge in [0.2, 0.25) is 0 Å². The average molecular weight is 385 g/mol. The van der Waals surface area contributed by atoms with Crippen LogP contribution >= 0.6 is 12.2 Å². The van der Waals surface area contributed by atoms with E-state index >= 15 is 0 Å². The number of hydrogen-bond acceptors (Lipinski definition) is 3. The molecule has 0 amide bonds. The van der Waals surface area contributed by atoms with Crippen molar-refractivity contribution in [2.75, 3.05) is 25.6 Å². The first-order valence-electron chi connectivity index (χ1n) is 9.57. The van der Waals surface area contributed by atoms with Gasteiger partial charge < -0.3 is 19.7 Å². The lowest BCUT2D eigenvalue weighted by Gasteiger charge is -2.28. The van der Waals surface area contributed by atoms with Gasteiger partial charge in [-0.25, -0.2) is 0 Å². The van der Waals surface area contributed by atoms with Crippen molar-refractivity contribution in [2.24, 2.45) is 0 Å². The Balaban J connectivity index is 1.69. The number of anilines is 1. The summed E-state index contributed by atoms with van der Waals surface area (Å²) >= 11 is 5.73. The maximum absolute atomic E-state index is 5.84. The van der Waals surface area contributed by atoms with Crippen LogP contribution in [0.5, 0.6) is 5.75 Å².